The van der Waals surface area contributed by atoms with Crippen molar-refractivity contribution in [2.75, 3.05) is 6.54 Å². The standard InChI is InChI=1S/C12H14F2N4O2S/c13-10-2-1-9(12(14)5-10)6-17-21(19,20)11-7-16-18(8-11)4-3-15/h1-2,5,7-8,17H,3-4,6,15H2. The zero-order valence-corrected chi connectivity index (χ0v) is 11.8. The van der Waals surface area contributed by atoms with E-state index in [2.05, 4.69) is 9.82 Å². The molecule has 21 heavy (non-hydrogen) atoms. The van der Waals surface area contributed by atoms with E-state index >= 15 is 0 Å². The second-order valence-corrected chi connectivity index (χ2v) is 6.06. The lowest BCUT2D eigenvalue weighted by molar-refractivity contribution is 0.562. The van der Waals surface area contributed by atoms with Gasteiger partial charge in [0, 0.05) is 30.9 Å². The van der Waals surface area contributed by atoms with Crippen molar-refractivity contribution in [3.8, 4) is 0 Å². The van der Waals surface area contributed by atoms with Gasteiger partial charge in [-0.25, -0.2) is 21.9 Å². The average molecular weight is 316 g/mol. The minimum atomic E-state index is -3.82. The van der Waals surface area contributed by atoms with Gasteiger partial charge in [-0.2, -0.15) is 5.10 Å². The number of sulfonamides is 1. The van der Waals surface area contributed by atoms with Crippen LogP contribution in [0.2, 0.25) is 0 Å². The molecule has 2 aromatic rings. The van der Waals surface area contributed by atoms with Gasteiger partial charge in [0.05, 0.1) is 12.7 Å². The Bertz CT molecular complexity index is 731. The van der Waals surface area contributed by atoms with Crippen LogP contribution in [0.1, 0.15) is 5.56 Å². The molecule has 0 aliphatic carbocycles. The maximum atomic E-state index is 13.4. The number of hydrogen-bond donors (Lipinski definition) is 2. The lowest BCUT2D eigenvalue weighted by atomic mass is 10.2. The molecule has 114 valence electrons. The van der Waals surface area contributed by atoms with Gasteiger partial charge < -0.3 is 5.73 Å². The molecule has 0 unspecified atom stereocenters. The number of benzene rings is 1. The summed E-state index contributed by atoms with van der Waals surface area (Å²) in [6, 6.07) is 2.94. The van der Waals surface area contributed by atoms with Crippen molar-refractivity contribution in [3.63, 3.8) is 0 Å². The van der Waals surface area contributed by atoms with E-state index < -0.39 is 21.7 Å². The van der Waals surface area contributed by atoms with Crippen LogP contribution in [-0.4, -0.2) is 24.7 Å². The van der Waals surface area contributed by atoms with E-state index in [9.17, 15) is 17.2 Å². The third-order valence-electron chi connectivity index (χ3n) is 2.75. The van der Waals surface area contributed by atoms with Gasteiger partial charge in [-0.1, -0.05) is 6.07 Å². The van der Waals surface area contributed by atoms with E-state index in [1.807, 2.05) is 0 Å². The Hall–Kier alpha value is -1.84. The molecule has 0 bridgehead atoms. The molecule has 0 amide bonds. The summed E-state index contributed by atoms with van der Waals surface area (Å²) in [4.78, 5) is -0.0431. The first-order chi connectivity index (χ1) is 9.92. The van der Waals surface area contributed by atoms with Crippen LogP contribution in [0.3, 0.4) is 0 Å². The number of nitrogens with one attached hydrogen (secondary N) is 1. The number of nitrogens with zero attached hydrogens (tertiary/aromatic N) is 2. The van der Waals surface area contributed by atoms with Gasteiger partial charge in [0.1, 0.15) is 16.5 Å². The summed E-state index contributed by atoms with van der Waals surface area (Å²) < 4.78 is 53.8. The molecule has 1 heterocycles. The number of nitrogens with two attached hydrogens (primary N) is 1. The van der Waals surface area contributed by atoms with Crippen LogP contribution in [0.15, 0.2) is 35.5 Å². The Morgan fingerprint density at radius 1 is 1.33 bits per heavy atom. The molecule has 9 heteroatoms. The second kappa shape index (κ2) is 6.29. The molecule has 0 aliphatic rings. The Morgan fingerprint density at radius 3 is 2.76 bits per heavy atom. The summed E-state index contributed by atoms with van der Waals surface area (Å²) in [7, 11) is -3.82. The highest BCUT2D eigenvalue weighted by molar-refractivity contribution is 7.89. The van der Waals surface area contributed by atoms with E-state index in [-0.39, 0.29) is 17.0 Å². The quantitative estimate of drug-likeness (QED) is 0.816. The molecule has 3 N–H and O–H groups in total. The molecule has 0 fully saturated rings. The largest absolute Gasteiger partial charge is 0.329 e. The highest BCUT2D eigenvalue weighted by atomic mass is 32.2. The van der Waals surface area contributed by atoms with Crippen molar-refractivity contribution in [2.24, 2.45) is 5.73 Å². The van der Waals surface area contributed by atoms with E-state index in [4.69, 9.17) is 5.73 Å². The zero-order chi connectivity index (χ0) is 15.5. The highest BCUT2D eigenvalue weighted by Crippen LogP contribution is 2.12. The SMILES string of the molecule is NCCn1cc(S(=O)(=O)NCc2ccc(F)cc2F)cn1. The molecule has 0 aliphatic heterocycles. The lowest BCUT2D eigenvalue weighted by Crippen LogP contribution is -2.23. The van der Waals surface area contributed by atoms with Gasteiger partial charge in [-0.3, -0.25) is 4.68 Å². The van der Waals surface area contributed by atoms with E-state index in [1.165, 1.54) is 23.1 Å². The predicted octanol–water partition coefficient (Wildman–Crippen LogP) is 0.599. The molecule has 0 radical (unpaired) electrons. The lowest BCUT2D eigenvalue weighted by Gasteiger charge is -2.06. The number of aromatic nitrogens is 2. The molecule has 0 saturated heterocycles. The average Bonchev–Trinajstić information content (AvgIpc) is 2.88. The van der Waals surface area contributed by atoms with Gasteiger partial charge in [0.15, 0.2) is 0 Å². The maximum Gasteiger partial charge on any atom is 0.243 e. The topological polar surface area (TPSA) is 90.0 Å². The predicted molar refractivity (Wildman–Crippen MR) is 71.7 cm³/mol. The van der Waals surface area contributed by atoms with Gasteiger partial charge in [-0.05, 0) is 6.07 Å². The Balaban J connectivity index is 2.10. The minimum Gasteiger partial charge on any atom is -0.329 e. The van der Waals surface area contributed by atoms with Crippen molar-refractivity contribution in [1.29, 1.82) is 0 Å². The van der Waals surface area contributed by atoms with Crippen molar-refractivity contribution in [3.05, 3.63) is 47.8 Å². The van der Waals surface area contributed by atoms with Gasteiger partial charge in [-0.15, -0.1) is 0 Å². The smallest absolute Gasteiger partial charge is 0.243 e. The summed E-state index contributed by atoms with van der Waals surface area (Å²) in [6.45, 7) is 0.439. The fourth-order valence-electron chi connectivity index (χ4n) is 1.66. The van der Waals surface area contributed by atoms with Crippen LogP contribution in [0, 0.1) is 11.6 Å². The van der Waals surface area contributed by atoms with Crippen LogP contribution in [0.5, 0.6) is 0 Å². The first kappa shape index (κ1) is 15.5. The molecule has 6 nitrogen and oxygen atoms in total. The summed E-state index contributed by atoms with van der Waals surface area (Å²) in [5.74, 6) is -1.53. The van der Waals surface area contributed by atoms with Crippen LogP contribution < -0.4 is 10.5 Å². The van der Waals surface area contributed by atoms with Crippen molar-refractivity contribution >= 4 is 10.0 Å². The molecular formula is C12H14F2N4O2S. The van der Waals surface area contributed by atoms with E-state index in [1.54, 1.807) is 0 Å². The normalized spacial score (nSPS) is 11.8. The van der Waals surface area contributed by atoms with Crippen LogP contribution in [0.4, 0.5) is 8.78 Å². The molecular weight excluding hydrogens is 302 g/mol. The number of hydrogen-bond acceptors (Lipinski definition) is 4. The fourth-order valence-corrected chi connectivity index (χ4v) is 2.62. The third kappa shape index (κ3) is 3.84. The summed E-state index contributed by atoms with van der Waals surface area (Å²) >= 11 is 0. The van der Waals surface area contributed by atoms with Crippen molar-refractivity contribution in [2.45, 2.75) is 18.0 Å². The van der Waals surface area contributed by atoms with Crippen molar-refractivity contribution in [1.82, 2.24) is 14.5 Å². The molecule has 0 saturated carbocycles. The summed E-state index contributed by atoms with van der Waals surface area (Å²) in [6.07, 6.45) is 2.51. The van der Waals surface area contributed by atoms with Crippen LogP contribution in [-0.2, 0) is 23.1 Å². The summed E-state index contributed by atoms with van der Waals surface area (Å²) in [5.41, 5.74) is 5.39. The fraction of sp³-hybridized carbons (Fsp3) is 0.250. The molecule has 1 aromatic heterocycles. The van der Waals surface area contributed by atoms with E-state index in [0.29, 0.717) is 19.2 Å². The Morgan fingerprint density at radius 2 is 2.10 bits per heavy atom. The van der Waals surface area contributed by atoms with Gasteiger partial charge in [0.2, 0.25) is 10.0 Å². The number of halogens is 2. The molecule has 1 aromatic carbocycles. The Labute approximate surface area is 120 Å². The third-order valence-corrected chi connectivity index (χ3v) is 4.10. The van der Waals surface area contributed by atoms with Crippen LogP contribution in [0.25, 0.3) is 0 Å². The highest BCUT2D eigenvalue weighted by Gasteiger charge is 2.17. The zero-order valence-electron chi connectivity index (χ0n) is 11.0. The van der Waals surface area contributed by atoms with Gasteiger partial charge in [0.25, 0.3) is 0 Å². The monoisotopic (exact) mass is 316 g/mol. The first-order valence-corrected chi connectivity index (χ1v) is 7.57. The Kier molecular flexibility index (Phi) is 4.66. The second-order valence-electron chi connectivity index (χ2n) is 4.29. The number of rotatable bonds is 6. The minimum absolute atomic E-state index is 0.0431. The molecule has 2 rings (SSSR count). The summed E-state index contributed by atoms with van der Waals surface area (Å²) in [5, 5.41) is 3.85. The van der Waals surface area contributed by atoms with Gasteiger partial charge >= 0.3 is 0 Å². The molecule has 0 spiro atoms. The van der Waals surface area contributed by atoms with E-state index in [0.717, 1.165) is 6.07 Å². The van der Waals surface area contributed by atoms with Crippen molar-refractivity contribution < 1.29 is 17.2 Å². The molecule has 0 atom stereocenters. The van der Waals surface area contributed by atoms with Crippen LogP contribution >= 0.6 is 0 Å². The first-order valence-electron chi connectivity index (χ1n) is 6.08. The maximum absolute atomic E-state index is 13.4.